The lowest BCUT2D eigenvalue weighted by Gasteiger charge is -2.22. The number of fused-ring (bicyclic) bond motifs is 1. The summed E-state index contributed by atoms with van der Waals surface area (Å²) in [4.78, 5) is 19.2. The number of hydrogen-bond acceptors (Lipinski definition) is 5. The Morgan fingerprint density at radius 3 is 2.46 bits per heavy atom. The number of thioether (sulfide) groups is 1. The first-order chi connectivity index (χ1) is 17.2. The summed E-state index contributed by atoms with van der Waals surface area (Å²) in [7, 11) is 0. The number of amides is 1. The highest BCUT2D eigenvalue weighted by molar-refractivity contribution is 7.99. The monoisotopic (exact) mass is 483 g/mol. The third-order valence-electron chi connectivity index (χ3n) is 5.66. The van der Waals surface area contributed by atoms with Crippen molar-refractivity contribution in [2.75, 3.05) is 17.2 Å². The van der Waals surface area contributed by atoms with E-state index in [0.29, 0.717) is 23.2 Å². The van der Waals surface area contributed by atoms with Crippen LogP contribution in [0.25, 0.3) is 27.8 Å². The first-order valence-corrected chi connectivity index (χ1v) is 12.2. The summed E-state index contributed by atoms with van der Waals surface area (Å²) in [5, 5.41) is 11.4. The molecular weight excluding hydrogens is 461 g/mol. The predicted octanol–water partition coefficient (Wildman–Crippen LogP) is 5.77. The second kappa shape index (κ2) is 10.1. The molecule has 6 nitrogen and oxygen atoms in total. The van der Waals surface area contributed by atoms with Gasteiger partial charge in [-0.3, -0.25) is 14.3 Å². The van der Waals surface area contributed by atoms with Crippen LogP contribution in [0.2, 0.25) is 0 Å². The topological polar surface area (TPSA) is 63.9 Å². The lowest BCUT2D eigenvalue weighted by Crippen LogP contribution is -2.32. The number of benzene rings is 3. The van der Waals surface area contributed by atoms with Crippen LogP contribution >= 0.6 is 11.8 Å². The average molecular weight is 484 g/mol. The van der Waals surface area contributed by atoms with Crippen molar-refractivity contribution in [2.24, 2.45) is 0 Å². The molecule has 2 aromatic heterocycles. The molecule has 0 aliphatic carbocycles. The fraction of sp³-hybridized carbons (Fsp3) is 0.111. The normalized spacial score (nSPS) is 11.0. The van der Waals surface area contributed by atoms with E-state index >= 15 is 0 Å². The van der Waals surface area contributed by atoms with Gasteiger partial charge in [-0.15, -0.1) is 10.2 Å². The van der Waals surface area contributed by atoms with Crippen LogP contribution < -0.4 is 4.90 Å². The fourth-order valence-electron chi connectivity index (χ4n) is 4.00. The van der Waals surface area contributed by atoms with Gasteiger partial charge in [0.25, 0.3) is 0 Å². The smallest absolute Gasteiger partial charge is 0.237 e. The molecule has 1 amide bonds. The Kier molecular flexibility index (Phi) is 6.54. The van der Waals surface area contributed by atoms with Crippen LogP contribution in [0.3, 0.4) is 0 Å². The molecule has 0 N–H and O–H groups in total. The van der Waals surface area contributed by atoms with E-state index < -0.39 is 0 Å². The number of nitrogens with zero attached hydrogens (tertiary/aromatic N) is 5. The number of aromatic nitrogens is 4. The zero-order valence-corrected chi connectivity index (χ0v) is 19.8. The van der Waals surface area contributed by atoms with E-state index in [-0.39, 0.29) is 17.5 Å². The molecule has 174 valence electrons. The van der Waals surface area contributed by atoms with Crippen LogP contribution in [0.1, 0.15) is 6.92 Å². The predicted molar refractivity (Wildman–Crippen MR) is 137 cm³/mol. The lowest BCUT2D eigenvalue weighted by molar-refractivity contribution is -0.116. The number of pyridine rings is 1. The van der Waals surface area contributed by atoms with Crippen LogP contribution in [0, 0.1) is 5.82 Å². The molecule has 5 rings (SSSR count). The van der Waals surface area contributed by atoms with Gasteiger partial charge >= 0.3 is 0 Å². The summed E-state index contributed by atoms with van der Waals surface area (Å²) in [5.41, 5.74) is 2.41. The highest BCUT2D eigenvalue weighted by Gasteiger charge is 2.21. The van der Waals surface area contributed by atoms with Crippen LogP contribution in [0.4, 0.5) is 10.1 Å². The maximum Gasteiger partial charge on any atom is 0.237 e. The second-order valence-electron chi connectivity index (χ2n) is 7.78. The van der Waals surface area contributed by atoms with E-state index in [1.54, 1.807) is 29.4 Å². The maximum atomic E-state index is 13.6. The Labute approximate surface area is 206 Å². The molecule has 0 fully saturated rings. The van der Waals surface area contributed by atoms with E-state index in [4.69, 9.17) is 0 Å². The molecule has 0 aliphatic rings. The highest BCUT2D eigenvalue weighted by atomic mass is 32.2. The summed E-state index contributed by atoms with van der Waals surface area (Å²) < 4.78 is 15.4. The van der Waals surface area contributed by atoms with Crippen molar-refractivity contribution >= 4 is 34.1 Å². The highest BCUT2D eigenvalue weighted by Crippen LogP contribution is 2.30. The van der Waals surface area contributed by atoms with Crippen molar-refractivity contribution in [3.63, 3.8) is 0 Å². The number of carbonyl (C=O) groups excluding carboxylic acids is 1. The minimum Gasteiger partial charge on any atom is -0.311 e. The molecule has 0 aliphatic heterocycles. The van der Waals surface area contributed by atoms with Crippen molar-refractivity contribution < 1.29 is 9.18 Å². The van der Waals surface area contributed by atoms with Gasteiger partial charge in [0.1, 0.15) is 5.82 Å². The number of anilines is 1. The molecule has 35 heavy (non-hydrogen) atoms. The largest absolute Gasteiger partial charge is 0.311 e. The molecular formula is C27H22FN5OS. The van der Waals surface area contributed by atoms with Crippen molar-refractivity contribution in [1.82, 2.24) is 19.7 Å². The molecule has 5 aromatic rings. The van der Waals surface area contributed by atoms with E-state index in [1.807, 2.05) is 66.1 Å². The van der Waals surface area contributed by atoms with Gasteiger partial charge in [-0.2, -0.15) is 0 Å². The van der Waals surface area contributed by atoms with Gasteiger partial charge < -0.3 is 4.90 Å². The van der Waals surface area contributed by atoms with E-state index in [9.17, 15) is 9.18 Å². The summed E-state index contributed by atoms with van der Waals surface area (Å²) >= 11 is 1.30. The minimum absolute atomic E-state index is 0.0343. The summed E-state index contributed by atoms with van der Waals surface area (Å²) in [6.45, 7) is 2.51. The summed E-state index contributed by atoms with van der Waals surface area (Å²) in [5.74, 6) is 0.404. The Balaban J connectivity index is 1.45. The van der Waals surface area contributed by atoms with Crippen molar-refractivity contribution in [1.29, 1.82) is 0 Å². The number of carbonyl (C=O) groups is 1. The summed E-state index contributed by atoms with van der Waals surface area (Å²) in [6.07, 6.45) is 3.36. The second-order valence-corrected chi connectivity index (χ2v) is 8.72. The zero-order chi connectivity index (χ0) is 24.2. The molecule has 0 saturated heterocycles. The first kappa shape index (κ1) is 22.7. The third kappa shape index (κ3) is 4.65. The van der Waals surface area contributed by atoms with Gasteiger partial charge in [0.05, 0.1) is 11.4 Å². The first-order valence-electron chi connectivity index (χ1n) is 11.2. The molecule has 2 heterocycles. The van der Waals surface area contributed by atoms with Crippen molar-refractivity contribution in [2.45, 2.75) is 12.1 Å². The van der Waals surface area contributed by atoms with Gasteiger partial charge in [0.2, 0.25) is 5.91 Å². The van der Waals surface area contributed by atoms with E-state index in [1.165, 1.54) is 23.9 Å². The third-order valence-corrected chi connectivity index (χ3v) is 6.57. The Bertz CT molecular complexity index is 1470. The molecule has 3 aromatic carbocycles. The fourth-order valence-corrected chi connectivity index (χ4v) is 4.83. The Hall–Kier alpha value is -4.04. The average Bonchev–Trinajstić information content (AvgIpc) is 3.33. The van der Waals surface area contributed by atoms with Crippen LogP contribution in [-0.2, 0) is 4.79 Å². The lowest BCUT2D eigenvalue weighted by atomic mass is 10.1. The van der Waals surface area contributed by atoms with Crippen molar-refractivity contribution in [3.8, 4) is 17.1 Å². The van der Waals surface area contributed by atoms with Gasteiger partial charge in [-0.05, 0) is 54.8 Å². The van der Waals surface area contributed by atoms with Gasteiger partial charge in [0.15, 0.2) is 11.0 Å². The Morgan fingerprint density at radius 2 is 1.69 bits per heavy atom. The number of hydrogen-bond donors (Lipinski definition) is 0. The molecule has 8 heteroatoms. The van der Waals surface area contributed by atoms with Gasteiger partial charge in [-0.25, -0.2) is 4.39 Å². The number of rotatable bonds is 7. The zero-order valence-electron chi connectivity index (χ0n) is 19.0. The molecule has 0 saturated carbocycles. The Morgan fingerprint density at radius 1 is 0.943 bits per heavy atom. The maximum absolute atomic E-state index is 13.6. The quantitative estimate of drug-likeness (QED) is 0.275. The molecule has 0 unspecified atom stereocenters. The SMILES string of the molecule is CCN(C(=O)CSc1nnc(-c2ccncc2)n1-c1ccc(F)cc1)c1cccc2ccccc12. The molecule has 0 bridgehead atoms. The summed E-state index contributed by atoms with van der Waals surface area (Å²) in [6, 6.07) is 23.8. The minimum atomic E-state index is -0.328. The molecule has 0 spiro atoms. The standard InChI is InChI=1S/C27H22FN5OS/c1-2-32(24-9-5-7-19-6-3-4-8-23(19)24)25(34)18-35-27-31-30-26(20-14-16-29-17-15-20)33(27)22-12-10-21(28)11-13-22/h3-17H,2,18H2,1H3. The molecule has 0 radical (unpaired) electrons. The molecule has 0 atom stereocenters. The van der Waals surface area contributed by atoms with Crippen LogP contribution in [0.5, 0.6) is 0 Å². The van der Waals surface area contributed by atoms with Crippen LogP contribution in [-0.4, -0.2) is 38.0 Å². The van der Waals surface area contributed by atoms with E-state index in [0.717, 1.165) is 22.0 Å². The van der Waals surface area contributed by atoms with E-state index in [2.05, 4.69) is 15.2 Å². The van der Waals surface area contributed by atoms with Gasteiger partial charge in [0, 0.05) is 35.6 Å². The van der Waals surface area contributed by atoms with Crippen LogP contribution in [0.15, 0.2) is 96.4 Å². The van der Waals surface area contributed by atoms with Gasteiger partial charge in [-0.1, -0.05) is 48.2 Å². The van der Waals surface area contributed by atoms with Crippen molar-refractivity contribution in [3.05, 3.63) is 97.1 Å². The number of halogens is 1.